The zero-order chi connectivity index (χ0) is 27.4. The summed E-state index contributed by atoms with van der Waals surface area (Å²) in [4.78, 5) is 31.4. The Hall–Kier alpha value is -4.21. The lowest BCUT2D eigenvalue weighted by Gasteiger charge is -2.50. The summed E-state index contributed by atoms with van der Waals surface area (Å²) in [6.07, 6.45) is 0.751. The Morgan fingerprint density at radius 2 is 1.57 bits per heavy atom. The van der Waals surface area contributed by atoms with Crippen LogP contribution in [0.5, 0.6) is 0 Å². The first-order valence-electron chi connectivity index (χ1n) is 13.1. The molecule has 2 N–H and O–H groups in total. The van der Waals surface area contributed by atoms with Crippen LogP contribution in [0.1, 0.15) is 62.8 Å². The molecule has 7 nitrogen and oxygen atoms in total. The molecule has 40 heavy (non-hydrogen) atoms. The summed E-state index contributed by atoms with van der Waals surface area (Å²) >= 11 is 2.71. The van der Waals surface area contributed by atoms with E-state index >= 15 is 0 Å². The standard InChI is InChI=1S/C31H25N5O2S2/c1-17-35-36-30(40-17)33-27(37)19-9-7-8-18(14-19)25-16-39-29(32-25)34-28(38)31(2)15-24-20-10-3-5-12-22(20)26(31)23-13-6-4-11-21(23)24/h3-14,16,24,26H,15H2,1-2H3,(H,32,34,38)(H,33,36,37). The van der Waals surface area contributed by atoms with Gasteiger partial charge in [-0.05, 0) is 54.7 Å². The fraction of sp³-hybridized carbons (Fsp3) is 0.194. The summed E-state index contributed by atoms with van der Waals surface area (Å²) in [6, 6.07) is 24.3. The first kappa shape index (κ1) is 24.8. The van der Waals surface area contributed by atoms with Crippen LogP contribution in [0.15, 0.2) is 78.2 Å². The minimum Gasteiger partial charge on any atom is -0.301 e. The number of fused-ring (bicyclic) bond motifs is 1. The molecule has 198 valence electrons. The molecule has 2 aromatic heterocycles. The smallest absolute Gasteiger partial charge is 0.257 e. The number of nitrogens with zero attached hydrogens (tertiary/aromatic N) is 3. The van der Waals surface area contributed by atoms with Crippen LogP contribution >= 0.6 is 22.7 Å². The third kappa shape index (κ3) is 4.04. The molecule has 9 heteroatoms. The van der Waals surface area contributed by atoms with E-state index in [1.165, 1.54) is 44.9 Å². The van der Waals surface area contributed by atoms with E-state index in [9.17, 15) is 9.59 Å². The molecule has 1 atom stereocenters. The van der Waals surface area contributed by atoms with Crippen molar-refractivity contribution in [1.82, 2.24) is 15.2 Å². The number of rotatable bonds is 5. The zero-order valence-electron chi connectivity index (χ0n) is 21.8. The van der Waals surface area contributed by atoms with Crippen LogP contribution < -0.4 is 10.6 Å². The van der Waals surface area contributed by atoms with Gasteiger partial charge in [-0.15, -0.1) is 21.5 Å². The van der Waals surface area contributed by atoms with Gasteiger partial charge in [0.25, 0.3) is 5.91 Å². The van der Waals surface area contributed by atoms with Gasteiger partial charge in [0.05, 0.1) is 11.1 Å². The Morgan fingerprint density at radius 3 is 2.25 bits per heavy atom. The van der Waals surface area contributed by atoms with Gasteiger partial charge >= 0.3 is 0 Å². The van der Waals surface area contributed by atoms with Gasteiger partial charge in [-0.2, -0.15) is 0 Å². The van der Waals surface area contributed by atoms with Gasteiger partial charge in [-0.1, -0.05) is 72.0 Å². The highest BCUT2D eigenvalue weighted by Gasteiger charge is 2.54. The maximum atomic E-state index is 14.0. The lowest BCUT2D eigenvalue weighted by molar-refractivity contribution is -0.126. The number of benzene rings is 3. The van der Waals surface area contributed by atoms with Gasteiger partial charge < -0.3 is 5.32 Å². The van der Waals surface area contributed by atoms with E-state index in [0.29, 0.717) is 21.5 Å². The summed E-state index contributed by atoms with van der Waals surface area (Å²) in [5, 5.41) is 17.5. The second kappa shape index (κ2) is 9.46. The molecule has 0 spiro atoms. The molecule has 2 amide bonds. The lowest BCUT2D eigenvalue weighted by Crippen LogP contribution is -2.47. The summed E-state index contributed by atoms with van der Waals surface area (Å²) in [6.45, 7) is 3.92. The van der Waals surface area contributed by atoms with E-state index in [1.54, 1.807) is 12.1 Å². The molecule has 0 radical (unpaired) electrons. The topological polar surface area (TPSA) is 96.9 Å². The average Bonchev–Trinajstić information content (AvgIpc) is 3.61. The molecule has 8 rings (SSSR count). The summed E-state index contributed by atoms with van der Waals surface area (Å²) in [5.41, 5.74) is 6.53. The van der Waals surface area contributed by atoms with Crippen LogP contribution in [0.25, 0.3) is 11.3 Å². The number of aryl methyl sites for hydroxylation is 1. The summed E-state index contributed by atoms with van der Waals surface area (Å²) < 4.78 is 0. The Balaban J connectivity index is 1.13. The molecule has 0 saturated carbocycles. The second-order valence-corrected chi connectivity index (χ2v) is 12.6. The third-order valence-corrected chi connectivity index (χ3v) is 9.55. The number of hydrogen-bond acceptors (Lipinski definition) is 7. The fourth-order valence-corrected chi connectivity index (χ4v) is 7.53. The number of hydrogen-bond donors (Lipinski definition) is 2. The number of aromatic nitrogens is 3. The second-order valence-electron chi connectivity index (χ2n) is 10.5. The predicted molar refractivity (Wildman–Crippen MR) is 158 cm³/mol. The average molecular weight is 564 g/mol. The molecule has 0 fully saturated rings. The summed E-state index contributed by atoms with van der Waals surface area (Å²) in [7, 11) is 0. The molecule has 3 aliphatic carbocycles. The lowest BCUT2D eigenvalue weighted by atomic mass is 9.52. The largest absolute Gasteiger partial charge is 0.301 e. The number of amides is 2. The van der Waals surface area contributed by atoms with Crippen molar-refractivity contribution in [3.8, 4) is 11.3 Å². The molecule has 5 aromatic rings. The van der Waals surface area contributed by atoms with Crippen molar-refractivity contribution in [1.29, 1.82) is 0 Å². The Kier molecular flexibility index (Phi) is 5.87. The maximum Gasteiger partial charge on any atom is 0.257 e. The Labute approximate surface area is 239 Å². The quantitative estimate of drug-likeness (QED) is 0.244. The van der Waals surface area contributed by atoms with Crippen molar-refractivity contribution < 1.29 is 9.59 Å². The van der Waals surface area contributed by atoms with Crippen LogP contribution in [0, 0.1) is 12.3 Å². The van der Waals surface area contributed by atoms with E-state index in [1.807, 2.05) is 24.4 Å². The Bertz CT molecular complexity index is 1750. The molecule has 3 aliphatic rings. The van der Waals surface area contributed by atoms with E-state index in [0.717, 1.165) is 17.0 Å². The van der Waals surface area contributed by atoms with Crippen molar-refractivity contribution in [2.75, 3.05) is 10.6 Å². The van der Waals surface area contributed by atoms with Crippen LogP contribution in [0.3, 0.4) is 0 Å². The van der Waals surface area contributed by atoms with Gasteiger partial charge in [-0.25, -0.2) is 4.98 Å². The highest BCUT2D eigenvalue weighted by molar-refractivity contribution is 7.15. The maximum absolute atomic E-state index is 14.0. The van der Waals surface area contributed by atoms with Crippen LogP contribution in [-0.2, 0) is 4.79 Å². The molecule has 1 unspecified atom stereocenters. The van der Waals surface area contributed by atoms with Crippen molar-refractivity contribution in [3.63, 3.8) is 0 Å². The van der Waals surface area contributed by atoms with Crippen LogP contribution in [0.2, 0.25) is 0 Å². The Morgan fingerprint density at radius 1 is 0.875 bits per heavy atom. The first-order chi connectivity index (χ1) is 19.4. The molecule has 2 heterocycles. The van der Waals surface area contributed by atoms with Gasteiger partial charge in [0.1, 0.15) is 5.01 Å². The highest BCUT2D eigenvalue weighted by Crippen LogP contribution is 2.61. The molecular formula is C31H25N5O2S2. The van der Waals surface area contributed by atoms with Gasteiger partial charge in [-0.3, -0.25) is 14.9 Å². The molecule has 3 aromatic carbocycles. The van der Waals surface area contributed by atoms with Crippen LogP contribution in [-0.4, -0.2) is 27.0 Å². The number of anilines is 2. The number of carbonyl (C=O) groups is 2. The molecular weight excluding hydrogens is 539 g/mol. The SMILES string of the molecule is Cc1nnc(NC(=O)c2cccc(-c3csc(NC(=O)C4(C)CC5c6ccccc6C4c4ccccc45)n3)c2)s1. The van der Waals surface area contributed by atoms with Crippen molar-refractivity contribution in [2.45, 2.75) is 32.1 Å². The number of nitrogens with one attached hydrogen (secondary N) is 2. The van der Waals surface area contributed by atoms with E-state index in [-0.39, 0.29) is 23.7 Å². The highest BCUT2D eigenvalue weighted by atomic mass is 32.1. The monoisotopic (exact) mass is 563 g/mol. The predicted octanol–water partition coefficient (Wildman–Crippen LogP) is 6.85. The summed E-state index contributed by atoms with van der Waals surface area (Å²) in [5.74, 6) is -0.107. The number of carbonyl (C=O) groups excluding carboxylic acids is 2. The van der Waals surface area contributed by atoms with Gasteiger partial charge in [0.15, 0.2) is 5.13 Å². The minimum atomic E-state index is -0.611. The minimum absolute atomic E-state index is 0.0173. The van der Waals surface area contributed by atoms with E-state index in [2.05, 4.69) is 76.3 Å². The third-order valence-electron chi connectivity index (χ3n) is 8.04. The molecule has 2 bridgehead atoms. The fourth-order valence-electron chi connectivity index (χ4n) is 6.23. The van der Waals surface area contributed by atoms with Gasteiger partial charge in [0.2, 0.25) is 11.0 Å². The van der Waals surface area contributed by atoms with Crippen molar-refractivity contribution in [2.24, 2.45) is 5.41 Å². The van der Waals surface area contributed by atoms with E-state index in [4.69, 9.17) is 4.98 Å². The van der Waals surface area contributed by atoms with E-state index < -0.39 is 5.41 Å². The first-order valence-corrected chi connectivity index (χ1v) is 14.8. The zero-order valence-corrected chi connectivity index (χ0v) is 23.5. The van der Waals surface area contributed by atoms with Gasteiger partial charge in [0, 0.05) is 28.3 Å². The van der Waals surface area contributed by atoms with Crippen molar-refractivity contribution >= 4 is 44.8 Å². The normalized spacial score (nSPS) is 20.4. The van der Waals surface area contributed by atoms with Crippen LogP contribution in [0.4, 0.5) is 10.3 Å². The number of thiazole rings is 1. The molecule has 0 saturated heterocycles. The van der Waals surface area contributed by atoms with Crippen molar-refractivity contribution in [3.05, 3.63) is 111 Å². The molecule has 0 aliphatic heterocycles.